The van der Waals surface area contributed by atoms with Crippen molar-refractivity contribution in [3.8, 4) is 17.2 Å². The number of hydrogen-bond donors (Lipinski definition) is 0. The zero-order chi connectivity index (χ0) is 15.4. The van der Waals surface area contributed by atoms with Gasteiger partial charge in [-0.05, 0) is 49.7 Å². The summed E-state index contributed by atoms with van der Waals surface area (Å²) >= 11 is 3.37. The lowest BCUT2D eigenvalue weighted by atomic mass is 10.2. The predicted molar refractivity (Wildman–Crippen MR) is 83.2 cm³/mol. The highest BCUT2D eigenvalue weighted by Crippen LogP contribution is 2.39. The van der Waals surface area contributed by atoms with Crippen LogP contribution in [0.25, 0.3) is 0 Å². The van der Waals surface area contributed by atoms with Gasteiger partial charge in [-0.25, -0.2) is 0 Å². The number of halogens is 1. The van der Waals surface area contributed by atoms with Gasteiger partial charge >= 0.3 is 5.69 Å². The third kappa shape index (κ3) is 3.52. The smallest absolute Gasteiger partial charge is 0.352 e. The number of aryl methyl sites for hydroxylation is 1. The molecule has 110 valence electrons. The lowest BCUT2D eigenvalue weighted by Crippen LogP contribution is -2.00. The quantitative estimate of drug-likeness (QED) is 0.570. The van der Waals surface area contributed by atoms with Crippen LogP contribution < -0.4 is 9.47 Å². The van der Waals surface area contributed by atoms with Crippen LogP contribution in [-0.2, 0) is 0 Å². The van der Waals surface area contributed by atoms with Gasteiger partial charge in [0.2, 0.25) is 11.5 Å². The Labute approximate surface area is 130 Å². The van der Waals surface area contributed by atoms with E-state index >= 15 is 0 Å². The van der Waals surface area contributed by atoms with E-state index < -0.39 is 4.92 Å². The number of para-hydroxylation sites is 1. The van der Waals surface area contributed by atoms with Crippen LogP contribution in [0.3, 0.4) is 0 Å². The zero-order valence-electron chi connectivity index (χ0n) is 11.6. The average molecular weight is 352 g/mol. The van der Waals surface area contributed by atoms with Crippen molar-refractivity contribution in [1.29, 1.82) is 0 Å². The number of rotatable bonds is 5. The highest BCUT2D eigenvalue weighted by Gasteiger charge is 2.23. The topological polar surface area (TPSA) is 61.6 Å². The number of nitrogens with zero attached hydrogens (tertiary/aromatic N) is 1. The summed E-state index contributed by atoms with van der Waals surface area (Å²) in [6.45, 7) is 4.00. The molecule has 6 heteroatoms. The van der Waals surface area contributed by atoms with Crippen molar-refractivity contribution in [2.75, 3.05) is 6.61 Å². The Kier molecular flexibility index (Phi) is 4.80. The predicted octanol–water partition coefficient (Wildman–Crippen LogP) is 4.86. The molecule has 0 radical (unpaired) electrons. The number of benzene rings is 2. The van der Waals surface area contributed by atoms with E-state index in [9.17, 15) is 10.1 Å². The van der Waals surface area contributed by atoms with Crippen molar-refractivity contribution in [2.24, 2.45) is 0 Å². The van der Waals surface area contributed by atoms with Crippen LogP contribution >= 0.6 is 15.9 Å². The Balaban J connectivity index is 2.43. The van der Waals surface area contributed by atoms with E-state index in [-0.39, 0.29) is 17.2 Å². The maximum absolute atomic E-state index is 11.3. The Bertz CT molecular complexity index is 673. The van der Waals surface area contributed by atoms with Crippen molar-refractivity contribution in [3.63, 3.8) is 0 Å². The van der Waals surface area contributed by atoms with Gasteiger partial charge in [0.05, 0.1) is 11.5 Å². The molecule has 5 nitrogen and oxygen atoms in total. The molecule has 0 saturated heterocycles. The molecule has 0 atom stereocenters. The number of ether oxygens (including phenoxy) is 2. The molecule has 0 unspecified atom stereocenters. The first kappa shape index (κ1) is 15.3. The summed E-state index contributed by atoms with van der Waals surface area (Å²) in [6.07, 6.45) is 0. The number of nitro groups is 1. The van der Waals surface area contributed by atoms with E-state index in [1.54, 1.807) is 31.2 Å². The second kappa shape index (κ2) is 6.58. The van der Waals surface area contributed by atoms with Gasteiger partial charge in [-0.15, -0.1) is 0 Å². The molecule has 0 bridgehead atoms. The molecule has 0 spiro atoms. The van der Waals surface area contributed by atoms with E-state index in [0.29, 0.717) is 12.4 Å². The molecular formula is C15H14BrNO4. The third-order valence-electron chi connectivity index (χ3n) is 2.80. The molecule has 2 aromatic carbocycles. The molecule has 0 aromatic heterocycles. The Morgan fingerprint density at radius 2 is 1.90 bits per heavy atom. The zero-order valence-corrected chi connectivity index (χ0v) is 13.2. The van der Waals surface area contributed by atoms with Crippen LogP contribution in [0.2, 0.25) is 0 Å². The first-order chi connectivity index (χ1) is 10.0. The van der Waals surface area contributed by atoms with Crippen LogP contribution in [0, 0.1) is 17.0 Å². The molecule has 2 aromatic rings. The molecule has 0 saturated carbocycles. The van der Waals surface area contributed by atoms with Crippen LogP contribution in [0.1, 0.15) is 12.5 Å². The molecule has 0 aliphatic rings. The monoisotopic (exact) mass is 351 g/mol. The molecule has 2 rings (SSSR count). The van der Waals surface area contributed by atoms with Crippen molar-refractivity contribution in [3.05, 3.63) is 56.5 Å². The summed E-state index contributed by atoms with van der Waals surface area (Å²) < 4.78 is 11.9. The molecule has 0 aliphatic carbocycles. The van der Waals surface area contributed by atoms with Crippen LogP contribution in [0.15, 0.2) is 40.9 Å². The summed E-state index contributed by atoms with van der Waals surface area (Å²) in [6, 6.07) is 10.2. The Hall–Kier alpha value is -2.08. The van der Waals surface area contributed by atoms with Crippen LogP contribution in [0.5, 0.6) is 17.2 Å². The summed E-state index contributed by atoms with van der Waals surface area (Å²) in [7, 11) is 0. The van der Waals surface area contributed by atoms with E-state index in [2.05, 4.69) is 15.9 Å². The van der Waals surface area contributed by atoms with Crippen molar-refractivity contribution < 1.29 is 14.4 Å². The first-order valence-corrected chi connectivity index (χ1v) is 7.16. The normalized spacial score (nSPS) is 10.2. The standard InChI is InChI=1S/C15H14BrNO4/c1-3-20-13-5-4-6-14(15(13)17(18)19)21-12-8-7-11(16)9-10(12)2/h4-9H,3H2,1-2H3. The van der Waals surface area contributed by atoms with Crippen molar-refractivity contribution >= 4 is 21.6 Å². The largest absolute Gasteiger partial charge is 0.487 e. The minimum absolute atomic E-state index is 0.163. The lowest BCUT2D eigenvalue weighted by molar-refractivity contribution is -0.386. The molecule has 0 heterocycles. The molecule has 0 amide bonds. The van der Waals surface area contributed by atoms with Gasteiger partial charge in [0.25, 0.3) is 0 Å². The Morgan fingerprint density at radius 1 is 1.19 bits per heavy atom. The van der Waals surface area contributed by atoms with E-state index in [1.807, 2.05) is 19.1 Å². The molecular weight excluding hydrogens is 338 g/mol. The fourth-order valence-corrected chi connectivity index (χ4v) is 2.36. The van der Waals surface area contributed by atoms with Crippen LogP contribution in [0.4, 0.5) is 5.69 Å². The SMILES string of the molecule is CCOc1cccc(Oc2ccc(Br)cc2C)c1[N+](=O)[O-]. The average Bonchev–Trinajstić information content (AvgIpc) is 2.42. The molecule has 0 N–H and O–H groups in total. The lowest BCUT2D eigenvalue weighted by Gasteiger charge is -2.11. The third-order valence-corrected chi connectivity index (χ3v) is 3.29. The summed E-state index contributed by atoms with van der Waals surface area (Å²) in [5, 5.41) is 11.3. The first-order valence-electron chi connectivity index (χ1n) is 6.37. The van der Waals surface area contributed by atoms with E-state index in [0.717, 1.165) is 10.0 Å². The van der Waals surface area contributed by atoms with Gasteiger partial charge in [0.1, 0.15) is 5.75 Å². The number of nitro benzene ring substituents is 1. The van der Waals surface area contributed by atoms with Gasteiger partial charge < -0.3 is 9.47 Å². The maximum atomic E-state index is 11.3. The highest BCUT2D eigenvalue weighted by molar-refractivity contribution is 9.10. The second-order valence-electron chi connectivity index (χ2n) is 4.30. The fraction of sp³-hybridized carbons (Fsp3) is 0.200. The van der Waals surface area contributed by atoms with Gasteiger partial charge in [-0.2, -0.15) is 0 Å². The molecule has 0 aliphatic heterocycles. The van der Waals surface area contributed by atoms with Gasteiger partial charge in [0, 0.05) is 4.47 Å². The second-order valence-corrected chi connectivity index (χ2v) is 5.22. The summed E-state index contributed by atoms with van der Waals surface area (Å²) in [4.78, 5) is 10.8. The molecule has 0 fully saturated rings. The summed E-state index contributed by atoms with van der Waals surface area (Å²) in [5.41, 5.74) is 0.710. The van der Waals surface area contributed by atoms with Crippen molar-refractivity contribution in [1.82, 2.24) is 0 Å². The maximum Gasteiger partial charge on any atom is 0.352 e. The van der Waals surface area contributed by atoms with Gasteiger partial charge in [0.15, 0.2) is 0 Å². The number of hydrogen-bond acceptors (Lipinski definition) is 4. The van der Waals surface area contributed by atoms with Gasteiger partial charge in [-0.1, -0.05) is 22.0 Å². The minimum atomic E-state index is -0.492. The van der Waals surface area contributed by atoms with E-state index in [4.69, 9.17) is 9.47 Å². The Morgan fingerprint density at radius 3 is 2.52 bits per heavy atom. The van der Waals surface area contributed by atoms with Crippen LogP contribution in [-0.4, -0.2) is 11.5 Å². The van der Waals surface area contributed by atoms with Gasteiger partial charge in [-0.3, -0.25) is 10.1 Å². The summed E-state index contributed by atoms with van der Waals surface area (Å²) in [5.74, 6) is 0.932. The fourth-order valence-electron chi connectivity index (χ4n) is 1.88. The molecule has 21 heavy (non-hydrogen) atoms. The highest BCUT2D eigenvalue weighted by atomic mass is 79.9. The van der Waals surface area contributed by atoms with E-state index in [1.165, 1.54) is 0 Å². The minimum Gasteiger partial charge on any atom is -0.487 e. The van der Waals surface area contributed by atoms with Crippen molar-refractivity contribution in [2.45, 2.75) is 13.8 Å².